The van der Waals surface area contributed by atoms with Crippen LogP contribution in [0.3, 0.4) is 0 Å². The highest BCUT2D eigenvalue weighted by Crippen LogP contribution is 2.17. The van der Waals surface area contributed by atoms with Gasteiger partial charge in [0.05, 0.1) is 5.75 Å². The van der Waals surface area contributed by atoms with Crippen LogP contribution in [0.15, 0.2) is 46.9 Å². The second-order valence-electron chi connectivity index (χ2n) is 4.30. The Kier molecular flexibility index (Phi) is 5.76. The van der Waals surface area contributed by atoms with Gasteiger partial charge in [0.1, 0.15) is 0 Å². The average molecular weight is 372 g/mol. The summed E-state index contributed by atoms with van der Waals surface area (Å²) in [6.45, 7) is 0. The maximum Gasteiger partial charge on any atom is 0.234 e. The molecule has 0 spiro atoms. The molecule has 0 bridgehead atoms. The number of carbonyl (C=O) groups is 1. The highest BCUT2D eigenvalue weighted by molar-refractivity contribution is 9.10. The van der Waals surface area contributed by atoms with Crippen molar-refractivity contribution in [1.29, 1.82) is 0 Å². The second kappa shape index (κ2) is 7.56. The molecular formula is C15H12BrF2NOS. The largest absolute Gasteiger partial charge is 0.325 e. The molecule has 0 heterocycles. The minimum absolute atomic E-state index is 0.245. The Morgan fingerprint density at radius 3 is 2.48 bits per heavy atom. The fourth-order valence-corrected chi connectivity index (χ4v) is 2.67. The Balaban J connectivity index is 1.79. The molecule has 0 aromatic heterocycles. The number of carbonyl (C=O) groups excluding carboxylic acids is 1. The molecule has 1 amide bonds. The van der Waals surface area contributed by atoms with Gasteiger partial charge in [0, 0.05) is 22.0 Å². The Morgan fingerprint density at radius 1 is 1.10 bits per heavy atom. The monoisotopic (exact) mass is 371 g/mol. The molecule has 6 heteroatoms. The fourth-order valence-electron chi connectivity index (χ4n) is 1.61. The molecule has 110 valence electrons. The van der Waals surface area contributed by atoms with Gasteiger partial charge in [-0.25, -0.2) is 8.78 Å². The molecule has 0 fully saturated rings. The van der Waals surface area contributed by atoms with E-state index in [1.165, 1.54) is 17.8 Å². The number of anilines is 1. The summed E-state index contributed by atoms with van der Waals surface area (Å²) in [5, 5.41) is 2.53. The first-order chi connectivity index (χ1) is 10.0. The van der Waals surface area contributed by atoms with E-state index in [4.69, 9.17) is 0 Å². The maximum absolute atomic E-state index is 13.0. The van der Waals surface area contributed by atoms with E-state index in [9.17, 15) is 13.6 Å². The van der Waals surface area contributed by atoms with E-state index in [2.05, 4.69) is 21.2 Å². The summed E-state index contributed by atoms with van der Waals surface area (Å²) in [6, 6.07) is 11.1. The highest BCUT2D eigenvalue weighted by Gasteiger charge is 2.06. The molecule has 2 rings (SSSR count). The predicted molar refractivity (Wildman–Crippen MR) is 85.3 cm³/mol. The van der Waals surface area contributed by atoms with Crippen LogP contribution in [0.25, 0.3) is 0 Å². The standard InChI is InChI=1S/C15H12BrF2NOS/c16-11-3-1-10(2-4-11)8-21-9-15(20)19-12-5-6-13(17)14(18)7-12/h1-7H,8-9H2,(H,19,20). The molecule has 0 aliphatic heterocycles. The van der Waals surface area contributed by atoms with Gasteiger partial charge in [-0.15, -0.1) is 11.8 Å². The zero-order valence-corrected chi connectivity index (χ0v) is 13.3. The van der Waals surface area contributed by atoms with Gasteiger partial charge in [0.2, 0.25) is 5.91 Å². The van der Waals surface area contributed by atoms with Gasteiger partial charge >= 0.3 is 0 Å². The van der Waals surface area contributed by atoms with Gasteiger partial charge in [-0.2, -0.15) is 0 Å². The number of rotatable bonds is 5. The summed E-state index contributed by atoms with van der Waals surface area (Å²) in [5.41, 5.74) is 1.37. The van der Waals surface area contributed by atoms with Crippen molar-refractivity contribution in [1.82, 2.24) is 0 Å². The van der Waals surface area contributed by atoms with Gasteiger partial charge in [-0.05, 0) is 29.8 Å². The van der Waals surface area contributed by atoms with E-state index in [0.29, 0.717) is 5.75 Å². The minimum atomic E-state index is -0.977. The molecule has 0 atom stereocenters. The van der Waals surface area contributed by atoms with Crippen LogP contribution >= 0.6 is 27.7 Å². The lowest BCUT2D eigenvalue weighted by Gasteiger charge is -2.06. The first-order valence-electron chi connectivity index (χ1n) is 6.11. The Hall–Kier alpha value is -1.40. The van der Waals surface area contributed by atoms with Crippen molar-refractivity contribution in [3.63, 3.8) is 0 Å². The van der Waals surface area contributed by atoms with Gasteiger partial charge in [-0.3, -0.25) is 4.79 Å². The Bertz CT molecular complexity index is 634. The van der Waals surface area contributed by atoms with Crippen molar-refractivity contribution in [3.05, 3.63) is 64.1 Å². The van der Waals surface area contributed by atoms with Crippen molar-refractivity contribution >= 4 is 39.3 Å². The number of thioether (sulfide) groups is 1. The number of hydrogen-bond donors (Lipinski definition) is 1. The molecule has 2 nitrogen and oxygen atoms in total. The van der Waals surface area contributed by atoms with Crippen molar-refractivity contribution in [2.45, 2.75) is 5.75 Å². The van der Waals surface area contributed by atoms with E-state index in [0.717, 1.165) is 22.2 Å². The van der Waals surface area contributed by atoms with Crippen LogP contribution in [0.4, 0.5) is 14.5 Å². The minimum Gasteiger partial charge on any atom is -0.325 e. The fraction of sp³-hybridized carbons (Fsp3) is 0.133. The van der Waals surface area contributed by atoms with E-state index in [-0.39, 0.29) is 17.3 Å². The Morgan fingerprint density at radius 2 is 1.81 bits per heavy atom. The molecule has 21 heavy (non-hydrogen) atoms. The summed E-state index contributed by atoms with van der Waals surface area (Å²) in [5.74, 6) is -1.20. The molecule has 2 aromatic carbocycles. The summed E-state index contributed by atoms with van der Waals surface area (Å²) in [4.78, 5) is 11.7. The van der Waals surface area contributed by atoms with Crippen LogP contribution in [0.1, 0.15) is 5.56 Å². The lowest BCUT2D eigenvalue weighted by Crippen LogP contribution is -2.14. The molecule has 0 saturated carbocycles. The number of nitrogens with one attached hydrogen (secondary N) is 1. The number of halogens is 3. The third-order valence-electron chi connectivity index (χ3n) is 2.62. The first-order valence-corrected chi connectivity index (χ1v) is 8.06. The van der Waals surface area contributed by atoms with Crippen LogP contribution in [-0.2, 0) is 10.5 Å². The van der Waals surface area contributed by atoms with Gasteiger partial charge < -0.3 is 5.32 Å². The van der Waals surface area contributed by atoms with Crippen molar-refractivity contribution in [2.75, 3.05) is 11.1 Å². The topological polar surface area (TPSA) is 29.1 Å². The van der Waals surface area contributed by atoms with Gasteiger partial charge in [-0.1, -0.05) is 28.1 Å². The molecule has 1 N–H and O–H groups in total. The van der Waals surface area contributed by atoms with E-state index in [1.807, 2.05) is 24.3 Å². The summed E-state index contributed by atoms with van der Waals surface area (Å²) in [6.07, 6.45) is 0. The Labute approximate surface area is 134 Å². The maximum atomic E-state index is 13.0. The van der Waals surface area contributed by atoms with Gasteiger partial charge in [0.25, 0.3) is 0 Å². The average Bonchev–Trinajstić information content (AvgIpc) is 2.45. The third kappa shape index (κ3) is 5.13. The normalized spacial score (nSPS) is 10.4. The lowest BCUT2D eigenvalue weighted by atomic mass is 10.2. The zero-order chi connectivity index (χ0) is 15.2. The smallest absolute Gasteiger partial charge is 0.234 e. The molecule has 0 aliphatic carbocycles. The lowest BCUT2D eigenvalue weighted by molar-refractivity contribution is -0.113. The summed E-state index contributed by atoms with van der Waals surface area (Å²) < 4.78 is 26.8. The van der Waals surface area contributed by atoms with Crippen molar-refractivity contribution < 1.29 is 13.6 Å². The number of hydrogen-bond acceptors (Lipinski definition) is 2. The van der Waals surface area contributed by atoms with Gasteiger partial charge in [0.15, 0.2) is 11.6 Å². The van der Waals surface area contributed by atoms with E-state index >= 15 is 0 Å². The van der Waals surface area contributed by atoms with Crippen molar-refractivity contribution in [3.8, 4) is 0 Å². The summed E-state index contributed by atoms with van der Waals surface area (Å²) >= 11 is 4.81. The molecule has 2 aromatic rings. The number of amides is 1. The van der Waals surface area contributed by atoms with Crippen LogP contribution in [-0.4, -0.2) is 11.7 Å². The SMILES string of the molecule is O=C(CSCc1ccc(Br)cc1)Nc1ccc(F)c(F)c1. The molecule has 0 saturated heterocycles. The van der Waals surface area contributed by atoms with Crippen LogP contribution < -0.4 is 5.32 Å². The van der Waals surface area contributed by atoms with Crippen molar-refractivity contribution in [2.24, 2.45) is 0 Å². The first kappa shape index (κ1) is 16.0. The summed E-state index contributed by atoms with van der Waals surface area (Å²) in [7, 11) is 0. The highest BCUT2D eigenvalue weighted by atomic mass is 79.9. The quantitative estimate of drug-likeness (QED) is 0.831. The van der Waals surface area contributed by atoms with E-state index in [1.54, 1.807) is 0 Å². The second-order valence-corrected chi connectivity index (χ2v) is 6.20. The predicted octanol–water partition coefficient (Wildman–Crippen LogP) is 4.60. The molecule has 0 aliphatic rings. The zero-order valence-electron chi connectivity index (χ0n) is 10.9. The van der Waals surface area contributed by atoms with E-state index < -0.39 is 11.6 Å². The molecule has 0 radical (unpaired) electrons. The number of benzene rings is 2. The third-order valence-corrected chi connectivity index (χ3v) is 4.15. The molecule has 0 unspecified atom stereocenters. The molecular weight excluding hydrogens is 360 g/mol. The van der Waals surface area contributed by atoms with Crippen LogP contribution in [0.5, 0.6) is 0 Å². The van der Waals surface area contributed by atoms with Crippen LogP contribution in [0, 0.1) is 11.6 Å². The van der Waals surface area contributed by atoms with Crippen LogP contribution in [0.2, 0.25) is 0 Å².